The third-order valence-corrected chi connectivity index (χ3v) is 4.02. The second-order valence-electron chi connectivity index (χ2n) is 5.19. The maximum atomic E-state index is 11.5. The Morgan fingerprint density at radius 2 is 1.88 bits per heavy atom. The monoisotopic (exact) mass is 240 g/mol. The van der Waals surface area contributed by atoms with E-state index in [0.29, 0.717) is 5.92 Å². The predicted octanol–water partition coefficient (Wildman–Crippen LogP) is 1.34. The van der Waals surface area contributed by atoms with E-state index in [1.165, 1.54) is 6.42 Å². The minimum absolute atomic E-state index is 0.212. The summed E-state index contributed by atoms with van der Waals surface area (Å²) in [6.45, 7) is 1.77. The van der Waals surface area contributed by atoms with Crippen LogP contribution in [0, 0.1) is 11.8 Å². The highest BCUT2D eigenvalue weighted by molar-refractivity contribution is 5.81. The van der Waals surface area contributed by atoms with Crippen molar-refractivity contribution in [2.45, 2.75) is 51.1 Å². The first kappa shape index (κ1) is 12.2. The number of carbonyl (C=O) groups excluding carboxylic acids is 1. The molecule has 2 rings (SSSR count). The number of urea groups is 1. The van der Waals surface area contributed by atoms with Gasteiger partial charge < -0.3 is 15.7 Å². The first-order valence-corrected chi connectivity index (χ1v) is 6.39. The van der Waals surface area contributed by atoms with Crippen LogP contribution >= 0.6 is 0 Å². The van der Waals surface area contributed by atoms with Gasteiger partial charge in [-0.1, -0.05) is 19.3 Å². The van der Waals surface area contributed by atoms with E-state index in [9.17, 15) is 14.7 Å². The fraction of sp³-hybridized carbons (Fsp3) is 0.833. The van der Waals surface area contributed by atoms with Crippen LogP contribution < -0.4 is 10.6 Å². The molecule has 5 nitrogen and oxygen atoms in total. The van der Waals surface area contributed by atoms with Gasteiger partial charge in [-0.25, -0.2) is 4.79 Å². The van der Waals surface area contributed by atoms with Gasteiger partial charge in [-0.05, 0) is 25.7 Å². The van der Waals surface area contributed by atoms with Crippen LogP contribution in [-0.2, 0) is 4.79 Å². The topological polar surface area (TPSA) is 78.4 Å². The molecule has 1 heterocycles. The van der Waals surface area contributed by atoms with Gasteiger partial charge in [-0.3, -0.25) is 4.79 Å². The summed E-state index contributed by atoms with van der Waals surface area (Å²) in [5, 5.41) is 14.8. The first-order valence-electron chi connectivity index (χ1n) is 6.39. The van der Waals surface area contributed by atoms with Gasteiger partial charge in [0.2, 0.25) is 0 Å². The highest BCUT2D eigenvalue weighted by atomic mass is 16.4. The normalized spacial score (nSPS) is 34.9. The van der Waals surface area contributed by atoms with Crippen molar-refractivity contribution < 1.29 is 14.7 Å². The number of aliphatic carboxylic acids is 1. The molecule has 3 N–H and O–H groups in total. The molecule has 96 valence electrons. The quantitative estimate of drug-likeness (QED) is 0.681. The van der Waals surface area contributed by atoms with Crippen LogP contribution in [-0.4, -0.2) is 29.2 Å². The molecular formula is C12H20N2O3. The molecule has 1 saturated carbocycles. The molecule has 0 aromatic heterocycles. The van der Waals surface area contributed by atoms with Crippen LogP contribution in [0.5, 0.6) is 0 Å². The van der Waals surface area contributed by atoms with Crippen LogP contribution in [0.4, 0.5) is 4.79 Å². The van der Waals surface area contributed by atoms with Crippen molar-refractivity contribution in [2.24, 2.45) is 11.8 Å². The van der Waals surface area contributed by atoms with E-state index in [1.54, 1.807) is 6.92 Å². The molecule has 3 unspecified atom stereocenters. The number of nitrogens with one attached hydrogen (secondary N) is 2. The van der Waals surface area contributed by atoms with Gasteiger partial charge in [0.15, 0.2) is 0 Å². The largest absolute Gasteiger partial charge is 0.481 e. The van der Waals surface area contributed by atoms with Crippen molar-refractivity contribution in [3.63, 3.8) is 0 Å². The molecule has 3 atom stereocenters. The number of amides is 2. The number of carboxylic acids is 1. The Hall–Kier alpha value is -1.26. The maximum Gasteiger partial charge on any atom is 0.315 e. The molecule has 5 heteroatoms. The molecule has 0 spiro atoms. The summed E-state index contributed by atoms with van der Waals surface area (Å²) in [7, 11) is 0. The molecule has 0 aromatic rings. The third-order valence-electron chi connectivity index (χ3n) is 4.02. The molecule has 2 amide bonds. The number of carbonyl (C=O) groups is 2. The van der Waals surface area contributed by atoms with Crippen LogP contribution in [0.1, 0.15) is 39.0 Å². The van der Waals surface area contributed by atoms with Gasteiger partial charge in [0, 0.05) is 12.1 Å². The van der Waals surface area contributed by atoms with Gasteiger partial charge >= 0.3 is 12.0 Å². The lowest BCUT2D eigenvalue weighted by Gasteiger charge is -2.40. The van der Waals surface area contributed by atoms with Crippen molar-refractivity contribution in [3.05, 3.63) is 0 Å². The summed E-state index contributed by atoms with van der Waals surface area (Å²) in [6, 6.07) is -0.740. The summed E-state index contributed by atoms with van der Waals surface area (Å²) in [5.41, 5.74) is 0. The molecule has 2 fully saturated rings. The number of carboxylic acid groups (broad SMARTS) is 1. The molecule has 1 aliphatic heterocycles. The van der Waals surface area contributed by atoms with Gasteiger partial charge in [-0.15, -0.1) is 0 Å². The number of hydrogen-bond donors (Lipinski definition) is 3. The SMILES string of the molecule is CC1NC(=O)NC(C2CCCCC2)C1C(=O)O. The van der Waals surface area contributed by atoms with Crippen molar-refractivity contribution in [3.8, 4) is 0 Å². The third kappa shape index (κ3) is 2.53. The molecule has 0 radical (unpaired) electrons. The highest BCUT2D eigenvalue weighted by Gasteiger charge is 2.42. The Morgan fingerprint density at radius 1 is 1.24 bits per heavy atom. The molecule has 0 bridgehead atoms. The first-order chi connectivity index (χ1) is 8.09. The smallest absolute Gasteiger partial charge is 0.315 e. The van der Waals surface area contributed by atoms with E-state index in [4.69, 9.17) is 0 Å². The highest BCUT2D eigenvalue weighted by Crippen LogP contribution is 2.32. The zero-order valence-electron chi connectivity index (χ0n) is 10.1. The molecule has 0 aromatic carbocycles. The van der Waals surface area contributed by atoms with Gasteiger partial charge in [0.25, 0.3) is 0 Å². The summed E-state index contributed by atoms with van der Waals surface area (Å²) >= 11 is 0. The molecule has 2 aliphatic rings. The summed E-state index contributed by atoms with van der Waals surface area (Å²) in [6.07, 6.45) is 5.57. The second-order valence-corrected chi connectivity index (χ2v) is 5.19. The number of rotatable bonds is 2. The lowest BCUT2D eigenvalue weighted by atomic mass is 9.76. The second kappa shape index (κ2) is 4.94. The summed E-state index contributed by atoms with van der Waals surface area (Å²) < 4.78 is 0. The van der Waals surface area contributed by atoms with Crippen molar-refractivity contribution in [1.29, 1.82) is 0 Å². The Bertz CT molecular complexity index is 313. The summed E-state index contributed by atoms with van der Waals surface area (Å²) in [5.74, 6) is -1.02. The molecule has 1 saturated heterocycles. The average molecular weight is 240 g/mol. The van der Waals surface area contributed by atoms with Crippen LogP contribution in [0.25, 0.3) is 0 Å². The van der Waals surface area contributed by atoms with Gasteiger partial charge in [0.05, 0.1) is 5.92 Å². The summed E-state index contributed by atoms with van der Waals surface area (Å²) in [4.78, 5) is 22.8. The maximum absolute atomic E-state index is 11.5. The lowest BCUT2D eigenvalue weighted by Crippen LogP contribution is -2.63. The predicted molar refractivity (Wildman–Crippen MR) is 62.6 cm³/mol. The Labute approximate surface area is 101 Å². The van der Waals surface area contributed by atoms with E-state index < -0.39 is 11.9 Å². The Balaban J connectivity index is 2.14. The lowest BCUT2D eigenvalue weighted by molar-refractivity contribution is -0.144. The van der Waals surface area contributed by atoms with E-state index in [-0.39, 0.29) is 18.1 Å². The fourth-order valence-corrected chi connectivity index (χ4v) is 3.16. The fourth-order valence-electron chi connectivity index (χ4n) is 3.16. The minimum Gasteiger partial charge on any atom is -0.481 e. The minimum atomic E-state index is -0.819. The van der Waals surface area contributed by atoms with Crippen LogP contribution in [0.15, 0.2) is 0 Å². The number of hydrogen-bond acceptors (Lipinski definition) is 2. The Kier molecular flexibility index (Phi) is 3.54. The van der Waals surface area contributed by atoms with Crippen molar-refractivity contribution in [1.82, 2.24) is 10.6 Å². The molecular weight excluding hydrogens is 220 g/mol. The molecule has 1 aliphatic carbocycles. The van der Waals surface area contributed by atoms with E-state index in [1.807, 2.05) is 0 Å². The van der Waals surface area contributed by atoms with Crippen molar-refractivity contribution in [2.75, 3.05) is 0 Å². The van der Waals surface area contributed by atoms with Gasteiger partial charge in [0.1, 0.15) is 0 Å². The standard InChI is InChI=1S/C12H20N2O3/c1-7-9(11(15)16)10(14-12(17)13-7)8-5-3-2-4-6-8/h7-10H,2-6H2,1H3,(H,15,16)(H2,13,14,17). The average Bonchev–Trinajstić information content (AvgIpc) is 2.28. The van der Waals surface area contributed by atoms with Gasteiger partial charge in [-0.2, -0.15) is 0 Å². The zero-order chi connectivity index (χ0) is 12.4. The van der Waals surface area contributed by atoms with E-state index in [0.717, 1.165) is 25.7 Å². The van der Waals surface area contributed by atoms with Crippen LogP contribution in [0.3, 0.4) is 0 Å². The van der Waals surface area contributed by atoms with E-state index in [2.05, 4.69) is 10.6 Å². The molecule has 17 heavy (non-hydrogen) atoms. The van der Waals surface area contributed by atoms with Crippen molar-refractivity contribution >= 4 is 12.0 Å². The zero-order valence-corrected chi connectivity index (χ0v) is 10.1. The Morgan fingerprint density at radius 3 is 2.47 bits per heavy atom. The van der Waals surface area contributed by atoms with Crippen LogP contribution in [0.2, 0.25) is 0 Å². The van der Waals surface area contributed by atoms with E-state index >= 15 is 0 Å².